The van der Waals surface area contributed by atoms with Crippen LogP contribution < -0.4 is 10.1 Å². The van der Waals surface area contributed by atoms with E-state index in [4.69, 9.17) is 19.6 Å². The molecule has 2 aromatic heterocycles. The number of methoxy groups -OCH3 is 1. The fraction of sp³-hybridized carbons (Fsp3) is 0.385. The lowest BCUT2D eigenvalue weighted by molar-refractivity contribution is -0.129. The maximum Gasteiger partial charge on any atom is 0.246 e. The Kier molecular flexibility index (Phi) is 9.47. The number of ether oxygens (including phenoxy) is 2. The molecule has 1 aliphatic carbocycles. The number of carbonyl (C=O) groups is 2. The maximum absolute atomic E-state index is 16.2. The summed E-state index contributed by atoms with van der Waals surface area (Å²) in [5.74, 6) is -1.62. The number of fused-ring (bicyclic) bond motifs is 3. The Bertz CT molecular complexity index is 2040. The Morgan fingerprint density at radius 1 is 1.04 bits per heavy atom. The predicted molar refractivity (Wildman–Crippen MR) is 189 cm³/mol. The highest BCUT2D eigenvalue weighted by Crippen LogP contribution is 2.47. The molecule has 4 aromatic rings. The minimum atomic E-state index is -0.755. The van der Waals surface area contributed by atoms with E-state index in [0.717, 1.165) is 58.1 Å². The van der Waals surface area contributed by atoms with Crippen molar-refractivity contribution in [2.24, 2.45) is 0 Å². The lowest BCUT2D eigenvalue weighted by Gasteiger charge is -2.33. The zero-order chi connectivity index (χ0) is 36.0. The summed E-state index contributed by atoms with van der Waals surface area (Å²) in [6.07, 6.45) is 4.14. The Morgan fingerprint density at radius 3 is 2.61 bits per heavy atom. The largest absolute Gasteiger partial charge is 0.490 e. The van der Waals surface area contributed by atoms with Crippen LogP contribution in [0, 0.1) is 11.6 Å². The molecular formula is C39H42F2N6O4. The standard InChI is InChI=1S/C39H42F2N6O4/c1-6-34(48)46-12-13-47-31(22(46)2)20-30(44-47)38-35(36-29(41)18-26(40)19-33(36)51-15-14-50-5)27-8-7-9-28(27)37(43-38)24-11-10-23-17-32(39(49)42-3)45(4)21-25(23)16-24/h6,10-11,16,18-20,22,32H,1,7-9,12-15,17,21H2,2-5H3,(H,42,49)/t22-,32-/m1/s1. The molecule has 2 aromatic carbocycles. The van der Waals surface area contributed by atoms with Crippen molar-refractivity contribution in [3.05, 3.63) is 88.6 Å². The molecule has 12 heteroatoms. The van der Waals surface area contributed by atoms with E-state index in [1.54, 1.807) is 11.9 Å². The van der Waals surface area contributed by atoms with Crippen LogP contribution in [0.25, 0.3) is 33.8 Å². The van der Waals surface area contributed by atoms with Crippen LogP contribution in [0.15, 0.2) is 49.1 Å². The van der Waals surface area contributed by atoms with Crippen molar-refractivity contribution in [1.29, 1.82) is 0 Å². The summed E-state index contributed by atoms with van der Waals surface area (Å²) in [4.78, 5) is 34.4. The number of nitrogens with zero attached hydrogens (tertiary/aromatic N) is 5. The van der Waals surface area contributed by atoms with Gasteiger partial charge < -0.3 is 19.7 Å². The Balaban J connectivity index is 1.43. The van der Waals surface area contributed by atoms with Gasteiger partial charge in [0.2, 0.25) is 11.8 Å². The molecular weight excluding hydrogens is 654 g/mol. The van der Waals surface area contributed by atoms with Crippen molar-refractivity contribution in [1.82, 2.24) is 29.9 Å². The van der Waals surface area contributed by atoms with Crippen LogP contribution in [0.4, 0.5) is 8.78 Å². The van der Waals surface area contributed by atoms with Gasteiger partial charge in [0.25, 0.3) is 0 Å². The molecule has 51 heavy (non-hydrogen) atoms. The summed E-state index contributed by atoms with van der Waals surface area (Å²) in [7, 11) is 5.14. The molecule has 3 aliphatic rings. The SMILES string of the molecule is C=CC(=O)N1CCn2nc(-c3nc(-c4ccc5c(c4)CN(C)[C@@H](C(=O)NC)C5)c4c(c3-c3c(F)cc(F)cc3OCCOC)CCC4)cc2[C@H]1C. The second-order valence-electron chi connectivity index (χ2n) is 13.4. The number of likely N-dealkylation sites (N-methyl/N-ethyl adjacent to an activating group) is 2. The van der Waals surface area contributed by atoms with Gasteiger partial charge >= 0.3 is 0 Å². The van der Waals surface area contributed by atoms with E-state index in [1.165, 1.54) is 19.3 Å². The second-order valence-corrected chi connectivity index (χ2v) is 13.4. The Morgan fingerprint density at radius 2 is 1.84 bits per heavy atom. The van der Waals surface area contributed by atoms with Crippen molar-refractivity contribution in [2.45, 2.75) is 57.8 Å². The molecule has 7 rings (SSSR count). The van der Waals surface area contributed by atoms with Crippen molar-refractivity contribution >= 4 is 11.8 Å². The molecule has 2 amide bonds. The van der Waals surface area contributed by atoms with Crippen LogP contribution in [0.2, 0.25) is 0 Å². The number of benzene rings is 2. The van der Waals surface area contributed by atoms with Gasteiger partial charge in [0, 0.05) is 50.5 Å². The lowest BCUT2D eigenvalue weighted by atomic mass is 9.88. The Labute approximate surface area is 296 Å². The van der Waals surface area contributed by atoms with Crippen LogP contribution in [0.1, 0.15) is 47.3 Å². The fourth-order valence-electron chi connectivity index (χ4n) is 7.85. The van der Waals surface area contributed by atoms with Crippen LogP contribution in [0.3, 0.4) is 0 Å². The summed E-state index contributed by atoms with van der Waals surface area (Å²) in [6, 6.07) is 9.74. The van der Waals surface area contributed by atoms with E-state index in [1.807, 2.05) is 30.8 Å². The number of rotatable bonds is 9. The van der Waals surface area contributed by atoms with Gasteiger partial charge in [-0.05, 0) is 80.1 Å². The van der Waals surface area contributed by atoms with Gasteiger partial charge in [-0.1, -0.05) is 18.7 Å². The minimum absolute atomic E-state index is 0.0143. The van der Waals surface area contributed by atoms with Crippen molar-refractivity contribution in [3.8, 4) is 39.5 Å². The van der Waals surface area contributed by atoms with Crippen LogP contribution in [-0.2, 0) is 46.7 Å². The monoisotopic (exact) mass is 696 g/mol. The first-order chi connectivity index (χ1) is 24.6. The van der Waals surface area contributed by atoms with E-state index in [0.29, 0.717) is 49.4 Å². The molecule has 0 bridgehead atoms. The molecule has 0 saturated heterocycles. The molecule has 0 saturated carbocycles. The first-order valence-electron chi connectivity index (χ1n) is 17.4. The average molecular weight is 697 g/mol. The van der Waals surface area contributed by atoms with Gasteiger partial charge in [0.15, 0.2) is 0 Å². The highest BCUT2D eigenvalue weighted by atomic mass is 19.1. The van der Waals surface area contributed by atoms with Gasteiger partial charge in [-0.3, -0.25) is 19.2 Å². The third kappa shape index (κ3) is 6.20. The molecule has 10 nitrogen and oxygen atoms in total. The third-order valence-corrected chi connectivity index (χ3v) is 10.4. The van der Waals surface area contributed by atoms with Crippen molar-refractivity contribution < 1.29 is 27.8 Å². The molecule has 2 aliphatic heterocycles. The smallest absolute Gasteiger partial charge is 0.246 e. The fourth-order valence-corrected chi connectivity index (χ4v) is 7.85. The quantitative estimate of drug-likeness (QED) is 0.188. The Hall–Kier alpha value is -4.94. The summed E-state index contributed by atoms with van der Waals surface area (Å²) in [6.45, 7) is 7.48. The van der Waals surface area contributed by atoms with E-state index < -0.39 is 11.6 Å². The summed E-state index contributed by atoms with van der Waals surface area (Å²) in [5, 5.41) is 7.77. The van der Waals surface area contributed by atoms with Gasteiger partial charge in [0.05, 0.1) is 47.9 Å². The number of aromatic nitrogens is 3. The van der Waals surface area contributed by atoms with Gasteiger partial charge in [-0.15, -0.1) is 0 Å². The van der Waals surface area contributed by atoms with E-state index >= 15 is 4.39 Å². The zero-order valence-corrected chi connectivity index (χ0v) is 29.4. The molecule has 4 heterocycles. The topological polar surface area (TPSA) is 102 Å². The van der Waals surface area contributed by atoms with E-state index in [9.17, 15) is 14.0 Å². The average Bonchev–Trinajstić information content (AvgIpc) is 3.79. The normalized spacial score (nSPS) is 18.2. The summed E-state index contributed by atoms with van der Waals surface area (Å²) in [5.41, 5.74) is 8.33. The molecule has 1 N–H and O–H groups in total. The second kappa shape index (κ2) is 14.0. The van der Waals surface area contributed by atoms with E-state index in [-0.39, 0.29) is 48.4 Å². The van der Waals surface area contributed by atoms with Gasteiger partial charge in [-0.2, -0.15) is 5.10 Å². The molecule has 2 atom stereocenters. The molecule has 0 fully saturated rings. The van der Waals surface area contributed by atoms with Crippen molar-refractivity contribution in [2.75, 3.05) is 41.0 Å². The maximum atomic E-state index is 16.2. The number of amides is 2. The third-order valence-electron chi connectivity index (χ3n) is 10.4. The number of carbonyl (C=O) groups excluding carboxylic acids is 2. The molecule has 266 valence electrons. The van der Waals surface area contributed by atoms with Gasteiger partial charge in [-0.25, -0.2) is 13.8 Å². The lowest BCUT2D eigenvalue weighted by Crippen LogP contribution is -2.47. The summed E-state index contributed by atoms with van der Waals surface area (Å²) >= 11 is 0. The highest BCUT2D eigenvalue weighted by Gasteiger charge is 2.34. The number of nitrogens with one attached hydrogen (secondary N) is 1. The number of pyridine rings is 1. The molecule has 0 spiro atoms. The first-order valence-corrected chi connectivity index (χ1v) is 17.4. The molecule has 0 unspecified atom stereocenters. The zero-order valence-electron chi connectivity index (χ0n) is 29.4. The number of hydrogen-bond donors (Lipinski definition) is 1. The van der Waals surface area contributed by atoms with Crippen LogP contribution in [0.5, 0.6) is 5.75 Å². The number of halogens is 2. The minimum Gasteiger partial charge on any atom is -0.490 e. The summed E-state index contributed by atoms with van der Waals surface area (Å²) < 4.78 is 44.0. The predicted octanol–water partition coefficient (Wildman–Crippen LogP) is 5.26. The van der Waals surface area contributed by atoms with Crippen LogP contribution in [-0.4, -0.2) is 83.4 Å². The van der Waals surface area contributed by atoms with Gasteiger partial charge in [0.1, 0.15) is 29.7 Å². The highest BCUT2D eigenvalue weighted by molar-refractivity contribution is 5.90. The molecule has 0 radical (unpaired) electrons. The first kappa shape index (κ1) is 34.5. The number of hydrogen-bond acceptors (Lipinski definition) is 7. The van der Waals surface area contributed by atoms with Crippen molar-refractivity contribution in [3.63, 3.8) is 0 Å². The van der Waals surface area contributed by atoms with E-state index in [2.05, 4.69) is 28.9 Å². The van der Waals surface area contributed by atoms with Crippen LogP contribution >= 0.6 is 0 Å².